The molecule has 0 unspecified atom stereocenters. The summed E-state index contributed by atoms with van der Waals surface area (Å²) in [6, 6.07) is 6.45. The van der Waals surface area contributed by atoms with Gasteiger partial charge in [-0.15, -0.1) is 0 Å². The highest BCUT2D eigenvalue weighted by Crippen LogP contribution is 2.29. The van der Waals surface area contributed by atoms with Crippen molar-refractivity contribution in [3.05, 3.63) is 28.8 Å². The predicted molar refractivity (Wildman–Crippen MR) is 88.6 cm³/mol. The van der Waals surface area contributed by atoms with Gasteiger partial charge in [0.05, 0.1) is 0 Å². The topological polar surface area (TPSA) is 15.3 Å². The van der Waals surface area contributed by atoms with Crippen molar-refractivity contribution in [3.8, 4) is 0 Å². The molecule has 1 N–H and O–H groups in total. The average Bonchev–Trinajstić information content (AvgIpc) is 2.35. The van der Waals surface area contributed by atoms with Crippen LogP contribution in [0.25, 0.3) is 0 Å². The second kappa shape index (κ2) is 7.33. The molecule has 0 aliphatic heterocycles. The SMILES string of the molecule is CC(C)CNCc1ccc(N(C)CC2CCC2)cc1Cl. The van der Waals surface area contributed by atoms with Gasteiger partial charge in [-0.1, -0.05) is 37.9 Å². The third-order valence-electron chi connectivity index (χ3n) is 4.10. The van der Waals surface area contributed by atoms with Crippen LogP contribution in [0.5, 0.6) is 0 Å². The van der Waals surface area contributed by atoms with Gasteiger partial charge in [0, 0.05) is 30.8 Å². The maximum atomic E-state index is 6.41. The van der Waals surface area contributed by atoms with E-state index in [9.17, 15) is 0 Å². The van der Waals surface area contributed by atoms with E-state index in [2.05, 4.69) is 49.3 Å². The van der Waals surface area contributed by atoms with Crippen LogP contribution in [-0.2, 0) is 6.54 Å². The Labute approximate surface area is 128 Å². The van der Waals surface area contributed by atoms with Crippen molar-refractivity contribution in [2.24, 2.45) is 11.8 Å². The van der Waals surface area contributed by atoms with Crippen LogP contribution in [0.15, 0.2) is 18.2 Å². The van der Waals surface area contributed by atoms with Crippen LogP contribution in [0, 0.1) is 11.8 Å². The fourth-order valence-electron chi connectivity index (χ4n) is 2.58. The van der Waals surface area contributed by atoms with Crippen LogP contribution in [0.1, 0.15) is 38.7 Å². The van der Waals surface area contributed by atoms with Crippen molar-refractivity contribution in [1.29, 1.82) is 0 Å². The number of hydrogen-bond acceptors (Lipinski definition) is 2. The fourth-order valence-corrected chi connectivity index (χ4v) is 2.82. The van der Waals surface area contributed by atoms with Crippen molar-refractivity contribution < 1.29 is 0 Å². The first-order chi connectivity index (χ1) is 9.56. The van der Waals surface area contributed by atoms with E-state index >= 15 is 0 Å². The Kier molecular flexibility index (Phi) is 5.74. The standard InChI is InChI=1S/C17H27ClN2/c1-13(2)10-19-11-15-7-8-16(9-17(15)18)20(3)12-14-5-4-6-14/h7-9,13-14,19H,4-6,10-12H2,1-3H3. The zero-order valence-corrected chi connectivity index (χ0v) is 13.7. The summed E-state index contributed by atoms with van der Waals surface area (Å²) in [7, 11) is 2.17. The number of nitrogens with one attached hydrogen (secondary N) is 1. The molecule has 3 heteroatoms. The van der Waals surface area contributed by atoms with Crippen LogP contribution < -0.4 is 10.2 Å². The van der Waals surface area contributed by atoms with Gasteiger partial charge in [0.2, 0.25) is 0 Å². The Morgan fingerprint density at radius 2 is 2.10 bits per heavy atom. The lowest BCUT2D eigenvalue weighted by Crippen LogP contribution is -2.29. The number of nitrogens with zero attached hydrogens (tertiary/aromatic N) is 1. The summed E-state index contributed by atoms with van der Waals surface area (Å²) < 4.78 is 0. The van der Waals surface area contributed by atoms with Crippen molar-refractivity contribution in [2.75, 3.05) is 25.0 Å². The zero-order chi connectivity index (χ0) is 14.5. The molecule has 0 radical (unpaired) electrons. The second-order valence-electron chi connectivity index (χ2n) is 6.48. The highest BCUT2D eigenvalue weighted by Gasteiger charge is 2.19. The summed E-state index contributed by atoms with van der Waals surface area (Å²) in [5.74, 6) is 1.55. The summed E-state index contributed by atoms with van der Waals surface area (Å²) in [6.45, 7) is 7.46. The molecule has 1 aromatic carbocycles. The first-order valence-corrected chi connectivity index (χ1v) is 8.14. The number of halogens is 1. The fraction of sp³-hybridized carbons (Fsp3) is 0.647. The Morgan fingerprint density at radius 1 is 1.35 bits per heavy atom. The number of hydrogen-bond donors (Lipinski definition) is 1. The van der Waals surface area contributed by atoms with Crippen LogP contribution in [0.4, 0.5) is 5.69 Å². The Morgan fingerprint density at radius 3 is 2.65 bits per heavy atom. The van der Waals surface area contributed by atoms with Gasteiger partial charge >= 0.3 is 0 Å². The molecule has 1 aliphatic carbocycles. The molecule has 2 rings (SSSR count). The quantitative estimate of drug-likeness (QED) is 0.805. The molecule has 1 aliphatic rings. The Bertz CT molecular complexity index is 427. The normalized spacial score (nSPS) is 15.4. The lowest BCUT2D eigenvalue weighted by molar-refractivity contribution is 0.321. The maximum absolute atomic E-state index is 6.41. The molecular formula is C17H27ClN2. The lowest BCUT2D eigenvalue weighted by atomic mass is 9.85. The van der Waals surface area contributed by atoms with Crippen molar-refractivity contribution >= 4 is 17.3 Å². The van der Waals surface area contributed by atoms with Crippen LogP contribution >= 0.6 is 11.6 Å². The van der Waals surface area contributed by atoms with Gasteiger partial charge in [-0.25, -0.2) is 0 Å². The first kappa shape index (κ1) is 15.7. The molecule has 112 valence electrons. The monoisotopic (exact) mass is 294 g/mol. The molecule has 1 saturated carbocycles. The predicted octanol–water partition coefficient (Wildman–Crippen LogP) is 4.32. The molecule has 0 spiro atoms. The van der Waals surface area contributed by atoms with E-state index in [1.165, 1.54) is 30.5 Å². The molecule has 0 aromatic heterocycles. The first-order valence-electron chi connectivity index (χ1n) is 7.76. The molecule has 0 bridgehead atoms. The van der Waals surface area contributed by atoms with E-state index in [0.717, 1.165) is 30.6 Å². The minimum absolute atomic E-state index is 0.668. The van der Waals surface area contributed by atoms with Gasteiger partial charge in [0.1, 0.15) is 0 Å². The van der Waals surface area contributed by atoms with Gasteiger partial charge in [0.15, 0.2) is 0 Å². The van der Waals surface area contributed by atoms with Gasteiger partial charge in [-0.05, 0) is 48.9 Å². The van der Waals surface area contributed by atoms with Crippen LogP contribution in [0.3, 0.4) is 0 Å². The van der Waals surface area contributed by atoms with Crippen LogP contribution in [-0.4, -0.2) is 20.1 Å². The van der Waals surface area contributed by atoms with E-state index < -0.39 is 0 Å². The lowest BCUT2D eigenvalue weighted by Gasteiger charge is -2.31. The smallest absolute Gasteiger partial charge is 0.0471 e. The summed E-state index contributed by atoms with van der Waals surface area (Å²) >= 11 is 6.41. The Balaban J connectivity index is 1.90. The van der Waals surface area contributed by atoms with Gasteiger partial charge in [0.25, 0.3) is 0 Å². The van der Waals surface area contributed by atoms with Gasteiger partial charge < -0.3 is 10.2 Å². The second-order valence-corrected chi connectivity index (χ2v) is 6.89. The minimum Gasteiger partial charge on any atom is -0.374 e. The number of benzene rings is 1. The summed E-state index contributed by atoms with van der Waals surface area (Å²) in [4.78, 5) is 2.33. The van der Waals surface area contributed by atoms with E-state index in [0.29, 0.717) is 5.92 Å². The molecule has 0 heterocycles. The zero-order valence-electron chi connectivity index (χ0n) is 13.0. The molecule has 0 atom stereocenters. The summed E-state index contributed by atoms with van der Waals surface area (Å²) in [6.07, 6.45) is 4.17. The van der Waals surface area contributed by atoms with Gasteiger partial charge in [-0.3, -0.25) is 0 Å². The molecule has 20 heavy (non-hydrogen) atoms. The molecule has 0 amide bonds. The third kappa shape index (κ3) is 4.39. The summed E-state index contributed by atoms with van der Waals surface area (Å²) in [5.41, 5.74) is 2.42. The highest BCUT2D eigenvalue weighted by molar-refractivity contribution is 6.31. The van der Waals surface area contributed by atoms with E-state index in [4.69, 9.17) is 11.6 Å². The van der Waals surface area contributed by atoms with Crippen molar-refractivity contribution in [2.45, 2.75) is 39.7 Å². The molecule has 0 saturated heterocycles. The highest BCUT2D eigenvalue weighted by atomic mass is 35.5. The number of anilines is 1. The largest absolute Gasteiger partial charge is 0.374 e. The minimum atomic E-state index is 0.668. The van der Waals surface area contributed by atoms with Gasteiger partial charge in [-0.2, -0.15) is 0 Å². The van der Waals surface area contributed by atoms with Crippen molar-refractivity contribution in [1.82, 2.24) is 5.32 Å². The van der Waals surface area contributed by atoms with Crippen molar-refractivity contribution in [3.63, 3.8) is 0 Å². The Hall–Kier alpha value is -0.730. The number of rotatable bonds is 7. The average molecular weight is 295 g/mol. The van der Waals surface area contributed by atoms with E-state index in [-0.39, 0.29) is 0 Å². The molecular weight excluding hydrogens is 268 g/mol. The van der Waals surface area contributed by atoms with E-state index in [1.807, 2.05) is 0 Å². The molecule has 1 fully saturated rings. The van der Waals surface area contributed by atoms with Crippen LogP contribution in [0.2, 0.25) is 5.02 Å². The molecule has 1 aromatic rings. The molecule has 2 nitrogen and oxygen atoms in total. The maximum Gasteiger partial charge on any atom is 0.0471 e. The third-order valence-corrected chi connectivity index (χ3v) is 4.45. The summed E-state index contributed by atoms with van der Waals surface area (Å²) in [5, 5.41) is 4.32. The van der Waals surface area contributed by atoms with E-state index in [1.54, 1.807) is 0 Å².